The Hall–Kier alpha value is -1.13. The van der Waals surface area contributed by atoms with Gasteiger partial charge in [-0.05, 0) is 18.6 Å². The van der Waals surface area contributed by atoms with E-state index in [0.717, 1.165) is 6.42 Å². The molecule has 3 nitrogen and oxygen atoms in total. The maximum Gasteiger partial charge on any atom is 0.341 e. The first-order valence-electron chi connectivity index (χ1n) is 6.69. The molecule has 1 saturated heterocycles. The lowest BCUT2D eigenvalue weighted by molar-refractivity contribution is -0.183. The summed E-state index contributed by atoms with van der Waals surface area (Å²) in [4.78, 5) is 12.1. The SMILES string of the molecule is CC1(C)C2OCCC2C1OC(=O)c1cccc(Cl)c1F. The van der Waals surface area contributed by atoms with Crippen LogP contribution in [-0.2, 0) is 9.47 Å². The molecule has 1 aliphatic heterocycles. The van der Waals surface area contributed by atoms with Gasteiger partial charge in [0.05, 0.1) is 16.7 Å². The summed E-state index contributed by atoms with van der Waals surface area (Å²) in [6.07, 6.45) is 0.773. The quantitative estimate of drug-likeness (QED) is 0.785. The van der Waals surface area contributed by atoms with E-state index in [1.54, 1.807) is 0 Å². The number of rotatable bonds is 2. The Labute approximate surface area is 122 Å². The lowest BCUT2D eigenvalue weighted by Gasteiger charge is -2.53. The summed E-state index contributed by atoms with van der Waals surface area (Å²) in [5, 5.41) is -0.0746. The van der Waals surface area contributed by atoms with Crippen molar-refractivity contribution in [1.82, 2.24) is 0 Å². The van der Waals surface area contributed by atoms with Crippen molar-refractivity contribution in [3.05, 3.63) is 34.6 Å². The van der Waals surface area contributed by atoms with Crippen molar-refractivity contribution in [3.8, 4) is 0 Å². The molecule has 0 radical (unpaired) electrons. The molecular weight excluding hydrogens is 283 g/mol. The molecule has 108 valence electrons. The van der Waals surface area contributed by atoms with Crippen molar-refractivity contribution in [2.75, 3.05) is 6.61 Å². The smallest absolute Gasteiger partial charge is 0.341 e. The summed E-state index contributed by atoms with van der Waals surface area (Å²) >= 11 is 5.68. The van der Waals surface area contributed by atoms with E-state index in [1.807, 2.05) is 13.8 Å². The average molecular weight is 299 g/mol. The summed E-state index contributed by atoms with van der Waals surface area (Å²) in [6, 6.07) is 4.33. The molecule has 0 bridgehead atoms. The third-order valence-corrected chi connectivity index (χ3v) is 4.69. The molecule has 2 fully saturated rings. The largest absolute Gasteiger partial charge is 0.458 e. The minimum atomic E-state index is -0.726. The first-order chi connectivity index (χ1) is 9.43. The van der Waals surface area contributed by atoms with E-state index >= 15 is 0 Å². The van der Waals surface area contributed by atoms with Gasteiger partial charge in [0.25, 0.3) is 0 Å². The molecule has 1 heterocycles. The molecule has 1 aromatic rings. The highest BCUT2D eigenvalue weighted by Crippen LogP contribution is 2.53. The van der Waals surface area contributed by atoms with Crippen LogP contribution in [0.15, 0.2) is 18.2 Å². The average Bonchev–Trinajstić information content (AvgIpc) is 2.86. The van der Waals surface area contributed by atoms with Crippen molar-refractivity contribution < 1.29 is 18.7 Å². The van der Waals surface area contributed by atoms with Gasteiger partial charge in [0.1, 0.15) is 6.10 Å². The van der Waals surface area contributed by atoms with Gasteiger partial charge in [-0.1, -0.05) is 31.5 Å². The van der Waals surface area contributed by atoms with E-state index in [9.17, 15) is 9.18 Å². The standard InChI is InChI=1S/C15H16ClFO3/c1-15(2)12-9(6-7-19-12)13(15)20-14(18)8-4-3-5-10(16)11(8)17/h3-5,9,12-13H,6-7H2,1-2H3. The zero-order chi connectivity index (χ0) is 14.5. The first-order valence-corrected chi connectivity index (χ1v) is 7.07. The van der Waals surface area contributed by atoms with Gasteiger partial charge in [0.15, 0.2) is 5.82 Å². The number of carbonyl (C=O) groups excluding carboxylic acids is 1. The minimum Gasteiger partial charge on any atom is -0.458 e. The van der Waals surface area contributed by atoms with Crippen molar-refractivity contribution in [2.24, 2.45) is 11.3 Å². The Morgan fingerprint density at radius 3 is 3.00 bits per heavy atom. The fraction of sp³-hybridized carbons (Fsp3) is 0.533. The summed E-state index contributed by atoms with van der Waals surface area (Å²) in [5.41, 5.74) is -0.345. The molecule has 0 spiro atoms. The van der Waals surface area contributed by atoms with Crippen molar-refractivity contribution >= 4 is 17.6 Å². The van der Waals surface area contributed by atoms with E-state index in [4.69, 9.17) is 21.1 Å². The molecule has 0 aromatic heterocycles. The summed E-state index contributed by atoms with van der Waals surface area (Å²) in [5.74, 6) is -1.17. The Kier molecular flexibility index (Phi) is 3.26. The first kappa shape index (κ1) is 13.8. The normalized spacial score (nSPS) is 30.5. The van der Waals surface area contributed by atoms with Crippen molar-refractivity contribution in [2.45, 2.75) is 32.5 Å². The monoisotopic (exact) mass is 298 g/mol. The van der Waals surface area contributed by atoms with Gasteiger partial charge in [-0.25, -0.2) is 9.18 Å². The predicted octanol–water partition coefficient (Wildman–Crippen LogP) is 3.45. The lowest BCUT2D eigenvalue weighted by Crippen LogP contribution is -2.61. The highest BCUT2D eigenvalue weighted by atomic mass is 35.5. The number of esters is 1. The Balaban J connectivity index is 1.78. The van der Waals surface area contributed by atoms with Crippen LogP contribution in [0.25, 0.3) is 0 Å². The van der Waals surface area contributed by atoms with E-state index < -0.39 is 11.8 Å². The predicted molar refractivity (Wildman–Crippen MR) is 72.2 cm³/mol. The van der Waals surface area contributed by atoms with Gasteiger partial charge in [0.2, 0.25) is 0 Å². The molecule has 5 heteroatoms. The maximum atomic E-state index is 13.8. The molecule has 1 aromatic carbocycles. The van der Waals surface area contributed by atoms with Crippen molar-refractivity contribution in [1.29, 1.82) is 0 Å². The van der Waals surface area contributed by atoms with Crippen LogP contribution in [0.3, 0.4) is 0 Å². The molecule has 1 aliphatic carbocycles. The van der Waals surface area contributed by atoms with Crippen molar-refractivity contribution in [3.63, 3.8) is 0 Å². The van der Waals surface area contributed by atoms with Gasteiger partial charge in [-0.3, -0.25) is 0 Å². The van der Waals surface area contributed by atoms with Gasteiger partial charge >= 0.3 is 5.97 Å². The minimum absolute atomic E-state index is 0.0746. The van der Waals surface area contributed by atoms with E-state index in [-0.39, 0.29) is 34.1 Å². The zero-order valence-electron chi connectivity index (χ0n) is 11.4. The molecule has 3 unspecified atom stereocenters. The Morgan fingerprint density at radius 1 is 1.50 bits per heavy atom. The van der Waals surface area contributed by atoms with Crippen LogP contribution in [-0.4, -0.2) is 24.8 Å². The van der Waals surface area contributed by atoms with E-state index in [2.05, 4.69) is 0 Å². The molecule has 0 amide bonds. The van der Waals surface area contributed by atoms with Crippen LogP contribution >= 0.6 is 11.6 Å². The number of benzene rings is 1. The van der Waals surface area contributed by atoms with Gasteiger partial charge < -0.3 is 9.47 Å². The molecule has 2 aliphatic rings. The molecule has 20 heavy (non-hydrogen) atoms. The summed E-state index contributed by atoms with van der Waals surface area (Å²) in [6.45, 7) is 4.70. The highest BCUT2D eigenvalue weighted by molar-refractivity contribution is 6.31. The fourth-order valence-electron chi connectivity index (χ4n) is 3.36. The van der Waals surface area contributed by atoms with E-state index in [1.165, 1.54) is 18.2 Å². The number of ether oxygens (including phenoxy) is 2. The van der Waals surface area contributed by atoms with Gasteiger partial charge in [0, 0.05) is 17.9 Å². The third-order valence-electron chi connectivity index (χ3n) is 4.40. The Morgan fingerprint density at radius 2 is 2.25 bits per heavy atom. The molecule has 3 rings (SSSR count). The van der Waals surface area contributed by atoms with Crippen LogP contribution in [0, 0.1) is 17.2 Å². The maximum absolute atomic E-state index is 13.8. The molecular formula is C15H16ClFO3. The van der Waals surface area contributed by atoms with Crippen LogP contribution in [0.5, 0.6) is 0 Å². The molecule has 1 saturated carbocycles. The lowest BCUT2D eigenvalue weighted by atomic mass is 9.59. The number of fused-ring (bicyclic) bond motifs is 1. The summed E-state index contributed by atoms with van der Waals surface area (Å²) in [7, 11) is 0. The molecule has 3 atom stereocenters. The molecule has 0 N–H and O–H groups in total. The summed E-state index contributed by atoms with van der Waals surface area (Å²) < 4.78 is 25.0. The van der Waals surface area contributed by atoms with Crippen LogP contribution in [0.1, 0.15) is 30.6 Å². The second-order valence-electron chi connectivity index (χ2n) is 5.99. The number of hydrogen-bond acceptors (Lipinski definition) is 3. The van der Waals surface area contributed by atoms with Crippen LogP contribution in [0.2, 0.25) is 5.02 Å². The highest BCUT2D eigenvalue weighted by Gasteiger charge is 2.61. The fourth-order valence-corrected chi connectivity index (χ4v) is 3.53. The Bertz CT molecular complexity index is 558. The van der Waals surface area contributed by atoms with E-state index in [0.29, 0.717) is 6.61 Å². The second-order valence-corrected chi connectivity index (χ2v) is 6.40. The second kappa shape index (κ2) is 4.71. The van der Waals surface area contributed by atoms with Gasteiger partial charge in [-0.2, -0.15) is 0 Å². The number of hydrogen-bond donors (Lipinski definition) is 0. The zero-order valence-corrected chi connectivity index (χ0v) is 12.1. The topological polar surface area (TPSA) is 35.5 Å². The van der Waals surface area contributed by atoms with Crippen LogP contribution < -0.4 is 0 Å². The van der Waals surface area contributed by atoms with Gasteiger partial charge in [-0.15, -0.1) is 0 Å². The number of carbonyl (C=O) groups is 1. The third kappa shape index (κ3) is 1.93. The van der Waals surface area contributed by atoms with Crippen LogP contribution in [0.4, 0.5) is 4.39 Å². The number of halogens is 2.